The van der Waals surface area contributed by atoms with Crippen LogP contribution < -0.4 is 0 Å². The first-order valence-corrected chi connectivity index (χ1v) is 5.39. The molecule has 0 saturated heterocycles. The van der Waals surface area contributed by atoms with Crippen molar-refractivity contribution in [2.75, 3.05) is 0 Å². The third-order valence-electron chi connectivity index (χ3n) is 2.65. The molecule has 1 aromatic carbocycles. The van der Waals surface area contributed by atoms with E-state index in [2.05, 4.69) is 4.98 Å². The molecular formula is C12H14F2N2. The zero-order chi connectivity index (χ0) is 11.9. The van der Waals surface area contributed by atoms with E-state index in [-0.39, 0.29) is 5.92 Å². The van der Waals surface area contributed by atoms with E-state index in [0.717, 1.165) is 11.9 Å². The molecule has 0 spiro atoms. The second-order valence-electron chi connectivity index (χ2n) is 4.12. The van der Waals surface area contributed by atoms with Crippen LogP contribution in [0.25, 0.3) is 11.0 Å². The van der Waals surface area contributed by atoms with Crippen LogP contribution in [0.3, 0.4) is 0 Å². The largest absolute Gasteiger partial charge is 0.328 e. The van der Waals surface area contributed by atoms with E-state index in [1.807, 2.05) is 25.3 Å². The number of halogens is 2. The van der Waals surface area contributed by atoms with Crippen LogP contribution in [0.2, 0.25) is 0 Å². The summed E-state index contributed by atoms with van der Waals surface area (Å²) >= 11 is 0. The number of imidazole rings is 1. The average Bonchev–Trinajstić information content (AvgIpc) is 2.57. The van der Waals surface area contributed by atoms with Crippen molar-refractivity contribution in [3.05, 3.63) is 29.6 Å². The minimum absolute atomic E-state index is 0.235. The minimum Gasteiger partial charge on any atom is -0.328 e. The maximum Gasteiger partial charge on any atom is 0.161 e. The molecule has 2 aromatic rings. The van der Waals surface area contributed by atoms with Gasteiger partial charge in [-0.05, 0) is 6.92 Å². The van der Waals surface area contributed by atoms with Crippen LogP contribution in [0.5, 0.6) is 0 Å². The van der Waals surface area contributed by atoms with Crippen molar-refractivity contribution in [2.45, 2.75) is 33.2 Å². The molecule has 16 heavy (non-hydrogen) atoms. The van der Waals surface area contributed by atoms with Crippen molar-refractivity contribution in [3.63, 3.8) is 0 Å². The highest BCUT2D eigenvalue weighted by Gasteiger charge is 2.15. The number of aryl methyl sites for hydroxylation is 1. The van der Waals surface area contributed by atoms with Crippen molar-refractivity contribution >= 4 is 11.0 Å². The molecule has 1 aromatic heterocycles. The number of aromatic nitrogens is 2. The molecule has 4 heteroatoms. The topological polar surface area (TPSA) is 17.8 Å². The normalized spacial score (nSPS) is 11.6. The lowest BCUT2D eigenvalue weighted by atomic mass is 10.2. The van der Waals surface area contributed by atoms with Gasteiger partial charge in [-0.3, -0.25) is 0 Å². The van der Waals surface area contributed by atoms with E-state index >= 15 is 0 Å². The van der Waals surface area contributed by atoms with Crippen LogP contribution in [-0.2, 0) is 6.54 Å². The van der Waals surface area contributed by atoms with Crippen LogP contribution in [-0.4, -0.2) is 9.55 Å². The summed E-state index contributed by atoms with van der Waals surface area (Å²) in [5.74, 6) is -0.568. The number of nitrogens with zero attached hydrogens (tertiary/aromatic N) is 2. The van der Waals surface area contributed by atoms with Crippen LogP contribution in [0.1, 0.15) is 32.5 Å². The van der Waals surface area contributed by atoms with E-state index < -0.39 is 11.6 Å². The summed E-state index contributed by atoms with van der Waals surface area (Å²) in [6, 6.07) is 2.37. The van der Waals surface area contributed by atoms with Crippen molar-refractivity contribution in [2.24, 2.45) is 0 Å². The molecule has 0 unspecified atom stereocenters. The van der Waals surface area contributed by atoms with Crippen molar-refractivity contribution in [3.8, 4) is 0 Å². The molecule has 0 saturated carbocycles. The van der Waals surface area contributed by atoms with Crippen molar-refractivity contribution in [1.29, 1.82) is 0 Å². The molecule has 0 aliphatic carbocycles. The van der Waals surface area contributed by atoms with Gasteiger partial charge in [-0.1, -0.05) is 13.8 Å². The molecule has 0 aliphatic rings. The van der Waals surface area contributed by atoms with Gasteiger partial charge in [0.05, 0.1) is 11.0 Å². The van der Waals surface area contributed by atoms with E-state index in [1.54, 1.807) is 0 Å². The molecule has 2 nitrogen and oxygen atoms in total. The Balaban J connectivity index is 2.77. The van der Waals surface area contributed by atoms with Gasteiger partial charge in [-0.2, -0.15) is 0 Å². The number of hydrogen-bond donors (Lipinski definition) is 0. The molecule has 0 radical (unpaired) electrons. The van der Waals surface area contributed by atoms with E-state index in [4.69, 9.17) is 0 Å². The molecule has 0 N–H and O–H groups in total. The zero-order valence-corrected chi connectivity index (χ0v) is 9.59. The highest BCUT2D eigenvalue weighted by atomic mass is 19.2. The van der Waals surface area contributed by atoms with Gasteiger partial charge in [0.2, 0.25) is 0 Å². The summed E-state index contributed by atoms with van der Waals surface area (Å²) in [5.41, 5.74) is 1.18. The fraction of sp³-hybridized carbons (Fsp3) is 0.417. The Kier molecular flexibility index (Phi) is 2.66. The Morgan fingerprint density at radius 1 is 1.25 bits per heavy atom. The van der Waals surface area contributed by atoms with Crippen LogP contribution in [0.15, 0.2) is 12.1 Å². The molecule has 86 valence electrons. The summed E-state index contributed by atoms with van der Waals surface area (Å²) in [6.07, 6.45) is 0. The maximum absolute atomic E-state index is 13.2. The Bertz CT molecular complexity index is 529. The summed E-state index contributed by atoms with van der Waals surface area (Å²) in [4.78, 5) is 4.34. The van der Waals surface area contributed by atoms with Crippen LogP contribution in [0.4, 0.5) is 8.78 Å². The lowest BCUT2D eigenvalue weighted by molar-refractivity contribution is 0.510. The first-order chi connectivity index (χ1) is 7.54. The van der Waals surface area contributed by atoms with Gasteiger partial charge in [0.15, 0.2) is 11.6 Å². The summed E-state index contributed by atoms with van der Waals surface area (Å²) < 4.78 is 28.1. The second kappa shape index (κ2) is 3.85. The summed E-state index contributed by atoms with van der Waals surface area (Å²) in [6.45, 7) is 6.70. The number of benzene rings is 1. The van der Waals surface area contributed by atoms with Gasteiger partial charge in [0.1, 0.15) is 5.82 Å². The molecule has 2 rings (SSSR count). The fourth-order valence-corrected chi connectivity index (χ4v) is 1.91. The summed E-state index contributed by atoms with van der Waals surface area (Å²) in [5, 5.41) is 0. The fourth-order valence-electron chi connectivity index (χ4n) is 1.91. The van der Waals surface area contributed by atoms with Gasteiger partial charge < -0.3 is 4.57 Å². The van der Waals surface area contributed by atoms with Crippen LogP contribution >= 0.6 is 0 Å². The lowest BCUT2D eigenvalue weighted by Crippen LogP contribution is -2.03. The highest BCUT2D eigenvalue weighted by molar-refractivity contribution is 5.76. The smallest absolute Gasteiger partial charge is 0.161 e. The van der Waals surface area contributed by atoms with E-state index in [0.29, 0.717) is 17.6 Å². The van der Waals surface area contributed by atoms with Crippen LogP contribution in [0, 0.1) is 11.6 Å². The lowest BCUT2D eigenvalue weighted by Gasteiger charge is -2.08. The molecule has 0 atom stereocenters. The Labute approximate surface area is 92.9 Å². The predicted octanol–water partition coefficient (Wildman–Crippen LogP) is 3.46. The number of rotatable bonds is 2. The van der Waals surface area contributed by atoms with E-state index in [9.17, 15) is 8.78 Å². The first-order valence-electron chi connectivity index (χ1n) is 5.39. The third-order valence-corrected chi connectivity index (χ3v) is 2.65. The summed E-state index contributed by atoms with van der Waals surface area (Å²) in [7, 11) is 0. The average molecular weight is 224 g/mol. The predicted molar refractivity (Wildman–Crippen MR) is 59.4 cm³/mol. The minimum atomic E-state index is -0.844. The zero-order valence-electron chi connectivity index (χ0n) is 9.59. The third kappa shape index (κ3) is 1.58. The van der Waals surface area contributed by atoms with Gasteiger partial charge in [0, 0.05) is 24.6 Å². The standard InChI is InChI=1S/C12H14F2N2/c1-4-16-11-6-9(14)8(13)5-10(11)15-12(16)7(2)3/h5-7H,4H2,1-3H3. The monoisotopic (exact) mass is 224 g/mol. The maximum atomic E-state index is 13.2. The Morgan fingerprint density at radius 3 is 2.44 bits per heavy atom. The van der Waals surface area contributed by atoms with E-state index in [1.165, 1.54) is 6.07 Å². The number of hydrogen-bond acceptors (Lipinski definition) is 1. The van der Waals surface area contributed by atoms with Gasteiger partial charge >= 0.3 is 0 Å². The Morgan fingerprint density at radius 2 is 1.88 bits per heavy atom. The van der Waals surface area contributed by atoms with Gasteiger partial charge in [-0.25, -0.2) is 13.8 Å². The molecular weight excluding hydrogens is 210 g/mol. The first kappa shape index (κ1) is 11.0. The molecule has 0 aliphatic heterocycles. The molecule has 1 heterocycles. The molecule has 0 amide bonds. The van der Waals surface area contributed by atoms with Crippen molar-refractivity contribution in [1.82, 2.24) is 9.55 Å². The molecule has 0 bridgehead atoms. The quantitative estimate of drug-likeness (QED) is 0.763. The highest BCUT2D eigenvalue weighted by Crippen LogP contribution is 2.23. The van der Waals surface area contributed by atoms with Gasteiger partial charge in [-0.15, -0.1) is 0 Å². The second-order valence-corrected chi connectivity index (χ2v) is 4.12. The van der Waals surface area contributed by atoms with Crippen molar-refractivity contribution < 1.29 is 8.78 Å². The molecule has 0 fully saturated rings. The Hall–Kier alpha value is -1.45. The van der Waals surface area contributed by atoms with Gasteiger partial charge in [0.25, 0.3) is 0 Å². The SMILES string of the molecule is CCn1c(C(C)C)nc2cc(F)c(F)cc21. The number of fused-ring (bicyclic) bond motifs is 1.